The van der Waals surface area contributed by atoms with Gasteiger partial charge in [0.25, 0.3) is 5.91 Å². The van der Waals surface area contributed by atoms with Gasteiger partial charge in [-0.25, -0.2) is 9.97 Å². The zero-order chi connectivity index (χ0) is 13.1. The van der Waals surface area contributed by atoms with Crippen molar-refractivity contribution >= 4 is 23.2 Å². The maximum absolute atomic E-state index is 11.8. The lowest BCUT2D eigenvalue weighted by atomic mass is 10.2. The van der Waals surface area contributed by atoms with Gasteiger partial charge in [-0.1, -0.05) is 11.6 Å². The summed E-state index contributed by atoms with van der Waals surface area (Å²) in [6.45, 7) is 1.78. The molecule has 2 heterocycles. The fourth-order valence-corrected chi connectivity index (χ4v) is 1.49. The zero-order valence-electron chi connectivity index (χ0n) is 9.51. The molecule has 2 rings (SSSR count). The second-order valence-corrected chi connectivity index (χ2v) is 4.01. The molecule has 0 atom stereocenters. The third kappa shape index (κ3) is 2.57. The lowest BCUT2D eigenvalue weighted by Crippen LogP contribution is -2.14. The van der Waals surface area contributed by atoms with Crippen LogP contribution in [0.1, 0.15) is 16.1 Å². The van der Waals surface area contributed by atoms with E-state index in [-0.39, 0.29) is 11.4 Å². The average molecular weight is 264 g/mol. The number of aromatic nitrogens is 2. The van der Waals surface area contributed by atoms with Gasteiger partial charge < -0.3 is 10.4 Å². The van der Waals surface area contributed by atoms with Crippen molar-refractivity contribution in [3.05, 3.63) is 47.0 Å². The second-order valence-electron chi connectivity index (χ2n) is 3.66. The molecule has 0 radical (unpaired) electrons. The Labute approximate surface area is 108 Å². The van der Waals surface area contributed by atoms with Crippen molar-refractivity contribution in [3.8, 4) is 5.75 Å². The topological polar surface area (TPSA) is 75.1 Å². The first-order valence-electron chi connectivity index (χ1n) is 5.15. The standard InChI is InChI=1S/C12H10ClN3O2/c1-7-5-8(6-15-11(7)13)16-12(18)10-9(17)3-2-4-14-10/h2-6,17H,1H3,(H,16,18). The van der Waals surface area contributed by atoms with Crippen LogP contribution in [-0.2, 0) is 0 Å². The van der Waals surface area contributed by atoms with Crippen molar-refractivity contribution in [2.45, 2.75) is 6.92 Å². The predicted molar refractivity (Wildman–Crippen MR) is 67.8 cm³/mol. The van der Waals surface area contributed by atoms with E-state index >= 15 is 0 Å². The molecule has 18 heavy (non-hydrogen) atoms. The monoisotopic (exact) mass is 263 g/mol. The molecule has 0 aromatic carbocycles. The van der Waals surface area contributed by atoms with Crippen LogP contribution in [0.4, 0.5) is 5.69 Å². The molecule has 2 aromatic heterocycles. The molecule has 0 saturated heterocycles. The summed E-state index contributed by atoms with van der Waals surface area (Å²) in [5.41, 5.74) is 1.21. The van der Waals surface area contributed by atoms with E-state index in [0.717, 1.165) is 5.56 Å². The van der Waals surface area contributed by atoms with Crippen LogP contribution >= 0.6 is 11.6 Å². The third-order valence-electron chi connectivity index (χ3n) is 2.27. The lowest BCUT2D eigenvalue weighted by molar-refractivity contribution is 0.101. The van der Waals surface area contributed by atoms with Crippen LogP contribution in [0.15, 0.2) is 30.6 Å². The molecule has 5 nitrogen and oxygen atoms in total. The van der Waals surface area contributed by atoms with Crippen molar-refractivity contribution in [3.63, 3.8) is 0 Å². The summed E-state index contributed by atoms with van der Waals surface area (Å²) in [6, 6.07) is 4.63. The first-order chi connectivity index (χ1) is 8.58. The van der Waals surface area contributed by atoms with Crippen molar-refractivity contribution in [1.29, 1.82) is 0 Å². The van der Waals surface area contributed by atoms with E-state index in [1.807, 2.05) is 0 Å². The zero-order valence-corrected chi connectivity index (χ0v) is 10.3. The molecule has 0 aliphatic carbocycles. The minimum Gasteiger partial charge on any atom is -0.505 e. The fraction of sp³-hybridized carbons (Fsp3) is 0.0833. The maximum atomic E-state index is 11.8. The first-order valence-corrected chi connectivity index (χ1v) is 5.53. The van der Waals surface area contributed by atoms with Crippen molar-refractivity contribution < 1.29 is 9.90 Å². The van der Waals surface area contributed by atoms with E-state index < -0.39 is 5.91 Å². The summed E-state index contributed by atoms with van der Waals surface area (Å²) >= 11 is 5.78. The van der Waals surface area contributed by atoms with Gasteiger partial charge in [0.2, 0.25) is 0 Å². The molecule has 0 fully saturated rings. The van der Waals surface area contributed by atoms with Gasteiger partial charge >= 0.3 is 0 Å². The van der Waals surface area contributed by atoms with Gasteiger partial charge in [-0.15, -0.1) is 0 Å². The Morgan fingerprint density at radius 1 is 1.44 bits per heavy atom. The Hall–Kier alpha value is -2.14. The highest BCUT2D eigenvalue weighted by Gasteiger charge is 2.12. The second kappa shape index (κ2) is 5.01. The number of hydrogen-bond donors (Lipinski definition) is 2. The summed E-state index contributed by atoms with van der Waals surface area (Å²) < 4.78 is 0. The molecule has 6 heteroatoms. The van der Waals surface area contributed by atoms with Gasteiger partial charge in [0.15, 0.2) is 5.69 Å². The molecule has 0 saturated carbocycles. The lowest BCUT2D eigenvalue weighted by Gasteiger charge is -2.06. The number of hydrogen-bond acceptors (Lipinski definition) is 4. The van der Waals surface area contributed by atoms with Crippen LogP contribution in [0.2, 0.25) is 5.15 Å². The largest absolute Gasteiger partial charge is 0.505 e. The normalized spacial score (nSPS) is 10.1. The molecular weight excluding hydrogens is 254 g/mol. The highest BCUT2D eigenvalue weighted by atomic mass is 35.5. The Balaban J connectivity index is 2.22. The van der Waals surface area contributed by atoms with E-state index in [9.17, 15) is 9.90 Å². The minimum atomic E-state index is -0.503. The van der Waals surface area contributed by atoms with E-state index in [1.165, 1.54) is 18.5 Å². The number of aryl methyl sites for hydroxylation is 1. The number of rotatable bonds is 2. The number of carbonyl (C=O) groups is 1. The highest BCUT2D eigenvalue weighted by Crippen LogP contribution is 2.18. The maximum Gasteiger partial charge on any atom is 0.278 e. The number of carbonyl (C=O) groups excluding carboxylic acids is 1. The summed E-state index contributed by atoms with van der Waals surface area (Å²) in [5.74, 6) is -0.676. The molecule has 0 aliphatic heterocycles. The molecule has 2 N–H and O–H groups in total. The Morgan fingerprint density at radius 3 is 2.89 bits per heavy atom. The van der Waals surface area contributed by atoms with E-state index in [0.29, 0.717) is 10.8 Å². The van der Waals surface area contributed by atoms with Gasteiger partial charge in [-0.2, -0.15) is 0 Å². The number of pyridine rings is 2. The van der Waals surface area contributed by atoms with Crippen molar-refractivity contribution in [1.82, 2.24) is 9.97 Å². The minimum absolute atomic E-state index is 0.0369. The van der Waals surface area contributed by atoms with Crippen LogP contribution in [-0.4, -0.2) is 21.0 Å². The molecular formula is C12H10ClN3O2. The van der Waals surface area contributed by atoms with Gasteiger partial charge in [0.1, 0.15) is 10.9 Å². The molecule has 0 spiro atoms. The summed E-state index contributed by atoms with van der Waals surface area (Å²) in [5, 5.41) is 12.5. The van der Waals surface area contributed by atoms with Crippen LogP contribution in [0.25, 0.3) is 0 Å². The number of nitrogens with one attached hydrogen (secondary N) is 1. The predicted octanol–water partition coefficient (Wildman–Crippen LogP) is 2.40. The van der Waals surface area contributed by atoms with Gasteiger partial charge in [0, 0.05) is 6.20 Å². The molecule has 0 bridgehead atoms. The van der Waals surface area contributed by atoms with Crippen LogP contribution in [0.3, 0.4) is 0 Å². The SMILES string of the molecule is Cc1cc(NC(=O)c2ncccc2O)cnc1Cl. The highest BCUT2D eigenvalue weighted by molar-refractivity contribution is 6.30. The quantitative estimate of drug-likeness (QED) is 0.816. The summed E-state index contributed by atoms with van der Waals surface area (Å²) in [7, 11) is 0. The number of aromatic hydroxyl groups is 1. The number of halogens is 1. The number of nitrogens with zero attached hydrogens (tertiary/aromatic N) is 2. The fourth-order valence-electron chi connectivity index (χ4n) is 1.39. The third-order valence-corrected chi connectivity index (χ3v) is 2.67. The average Bonchev–Trinajstić information content (AvgIpc) is 2.34. The summed E-state index contributed by atoms with van der Waals surface area (Å²) in [4.78, 5) is 19.6. The van der Waals surface area contributed by atoms with Gasteiger partial charge in [-0.3, -0.25) is 4.79 Å². The summed E-state index contributed by atoms with van der Waals surface area (Å²) in [6.07, 6.45) is 2.87. The Kier molecular flexibility index (Phi) is 3.43. The molecule has 0 unspecified atom stereocenters. The van der Waals surface area contributed by atoms with Gasteiger partial charge in [-0.05, 0) is 30.7 Å². The number of anilines is 1. The van der Waals surface area contributed by atoms with E-state index in [2.05, 4.69) is 15.3 Å². The van der Waals surface area contributed by atoms with Crippen LogP contribution in [0.5, 0.6) is 5.75 Å². The Bertz CT molecular complexity index is 602. The van der Waals surface area contributed by atoms with Crippen molar-refractivity contribution in [2.75, 3.05) is 5.32 Å². The first kappa shape index (κ1) is 12.3. The number of amides is 1. The van der Waals surface area contributed by atoms with Crippen molar-refractivity contribution in [2.24, 2.45) is 0 Å². The smallest absolute Gasteiger partial charge is 0.278 e. The van der Waals surface area contributed by atoms with E-state index in [4.69, 9.17) is 11.6 Å². The van der Waals surface area contributed by atoms with Gasteiger partial charge in [0.05, 0.1) is 11.9 Å². The molecule has 92 valence electrons. The Morgan fingerprint density at radius 2 is 2.22 bits per heavy atom. The molecule has 2 aromatic rings. The van der Waals surface area contributed by atoms with Crippen LogP contribution in [0, 0.1) is 6.92 Å². The molecule has 0 aliphatic rings. The molecule has 1 amide bonds. The van der Waals surface area contributed by atoms with E-state index in [1.54, 1.807) is 19.1 Å². The van der Waals surface area contributed by atoms with Crippen LogP contribution < -0.4 is 5.32 Å².